The minimum atomic E-state index is -0.0404. The van der Waals surface area contributed by atoms with Gasteiger partial charge in [-0.05, 0) is 32.2 Å². The van der Waals surface area contributed by atoms with E-state index in [9.17, 15) is 4.79 Å². The molecule has 2 rings (SSSR count). The van der Waals surface area contributed by atoms with Crippen LogP contribution in [0.2, 0.25) is 0 Å². The molecular weight excluding hydrogens is 228 g/mol. The first-order valence-corrected chi connectivity index (χ1v) is 6.78. The molecule has 2 atom stereocenters. The van der Waals surface area contributed by atoms with Crippen molar-refractivity contribution in [2.24, 2.45) is 11.7 Å². The van der Waals surface area contributed by atoms with Crippen molar-refractivity contribution in [1.82, 2.24) is 9.55 Å². The summed E-state index contributed by atoms with van der Waals surface area (Å²) in [5, 5.41) is 3.30. The van der Waals surface area contributed by atoms with Crippen LogP contribution in [-0.2, 0) is 6.54 Å². The summed E-state index contributed by atoms with van der Waals surface area (Å²) in [4.78, 5) is 16.2. The lowest BCUT2D eigenvalue weighted by atomic mass is 9.84. The van der Waals surface area contributed by atoms with Crippen molar-refractivity contribution >= 4 is 5.82 Å². The molecule has 1 aliphatic rings. The number of hydrogen-bond donors (Lipinski definition) is 2. The topological polar surface area (TPSA) is 72.9 Å². The Balaban J connectivity index is 2.15. The number of anilines is 1. The van der Waals surface area contributed by atoms with Crippen molar-refractivity contribution in [3.8, 4) is 0 Å². The summed E-state index contributed by atoms with van der Waals surface area (Å²) in [5.74, 6) is 0.917. The Morgan fingerprint density at radius 1 is 1.50 bits per heavy atom. The second kappa shape index (κ2) is 6.00. The van der Waals surface area contributed by atoms with Gasteiger partial charge in [0.1, 0.15) is 0 Å². The first kappa shape index (κ1) is 13.1. The summed E-state index contributed by atoms with van der Waals surface area (Å²) in [5.41, 5.74) is 5.76. The Bertz CT molecular complexity index is 443. The minimum Gasteiger partial charge on any atom is -0.362 e. The predicted molar refractivity (Wildman–Crippen MR) is 72.6 cm³/mol. The zero-order valence-corrected chi connectivity index (χ0v) is 10.9. The van der Waals surface area contributed by atoms with Crippen molar-refractivity contribution in [1.29, 1.82) is 0 Å². The number of aryl methyl sites for hydroxylation is 1. The number of rotatable bonds is 4. The van der Waals surface area contributed by atoms with Crippen LogP contribution in [0.3, 0.4) is 0 Å². The maximum absolute atomic E-state index is 12.1. The Kier molecular flexibility index (Phi) is 4.36. The fourth-order valence-electron chi connectivity index (χ4n) is 2.65. The monoisotopic (exact) mass is 250 g/mol. The van der Waals surface area contributed by atoms with Crippen LogP contribution < -0.4 is 16.6 Å². The van der Waals surface area contributed by atoms with E-state index in [2.05, 4.69) is 10.3 Å². The molecule has 0 aliphatic heterocycles. The van der Waals surface area contributed by atoms with Gasteiger partial charge in [-0.15, -0.1) is 0 Å². The lowest BCUT2D eigenvalue weighted by Crippen LogP contribution is -2.39. The quantitative estimate of drug-likeness (QED) is 0.842. The van der Waals surface area contributed by atoms with Crippen LogP contribution in [0.1, 0.15) is 32.6 Å². The van der Waals surface area contributed by atoms with E-state index >= 15 is 0 Å². The summed E-state index contributed by atoms with van der Waals surface area (Å²) in [6, 6.07) is 0.289. The Morgan fingerprint density at radius 3 is 3.00 bits per heavy atom. The molecule has 0 amide bonds. The molecule has 3 N–H and O–H groups in total. The van der Waals surface area contributed by atoms with E-state index in [1.54, 1.807) is 17.0 Å². The number of aromatic nitrogens is 2. The van der Waals surface area contributed by atoms with Crippen molar-refractivity contribution in [2.75, 3.05) is 11.9 Å². The van der Waals surface area contributed by atoms with Crippen LogP contribution in [0.4, 0.5) is 5.82 Å². The third-order valence-corrected chi connectivity index (χ3v) is 3.79. The predicted octanol–water partition coefficient (Wildman–Crippen LogP) is 1.19. The molecule has 0 bridgehead atoms. The molecule has 5 nitrogen and oxygen atoms in total. The van der Waals surface area contributed by atoms with Gasteiger partial charge in [-0.25, -0.2) is 4.98 Å². The number of nitrogens with two attached hydrogens (primary N) is 1. The van der Waals surface area contributed by atoms with E-state index in [1.165, 1.54) is 12.8 Å². The van der Waals surface area contributed by atoms with Crippen molar-refractivity contribution < 1.29 is 0 Å². The number of nitrogens with zero attached hydrogens (tertiary/aromatic N) is 2. The molecule has 100 valence electrons. The van der Waals surface area contributed by atoms with Crippen molar-refractivity contribution in [2.45, 2.75) is 45.2 Å². The van der Waals surface area contributed by atoms with E-state index < -0.39 is 0 Å². The van der Waals surface area contributed by atoms with E-state index in [0.29, 0.717) is 24.8 Å². The largest absolute Gasteiger partial charge is 0.362 e. The molecule has 1 saturated carbocycles. The van der Waals surface area contributed by atoms with Crippen molar-refractivity contribution in [3.63, 3.8) is 0 Å². The fourth-order valence-corrected chi connectivity index (χ4v) is 2.65. The maximum Gasteiger partial charge on any atom is 0.293 e. The van der Waals surface area contributed by atoms with Gasteiger partial charge in [0.25, 0.3) is 5.56 Å². The fraction of sp³-hybridized carbons (Fsp3) is 0.692. The van der Waals surface area contributed by atoms with Crippen LogP contribution >= 0.6 is 0 Å². The molecule has 0 saturated heterocycles. The molecular formula is C13H22N4O. The van der Waals surface area contributed by atoms with Crippen molar-refractivity contribution in [3.05, 3.63) is 22.7 Å². The highest BCUT2D eigenvalue weighted by molar-refractivity contribution is 5.32. The molecule has 18 heavy (non-hydrogen) atoms. The summed E-state index contributed by atoms with van der Waals surface area (Å²) in [7, 11) is 0. The van der Waals surface area contributed by atoms with Gasteiger partial charge >= 0.3 is 0 Å². The van der Waals surface area contributed by atoms with Crippen LogP contribution in [-0.4, -0.2) is 22.1 Å². The summed E-state index contributed by atoms with van der Waals surface area (Å²) >= 11 is 0. The van der Waals surface area contributed by atoms with Gasteiger partial charge in [0.05, 0.1) is 0 Å². The summed E-state index contributed by atoms with van der Waals surface area (Å²) < 4.78 is 1.66. The smallest absolute Gasteiger partial charge is 0.293 e. The van der Waals surface area contributed by atoms with Gasteiger partial charge in [-0.3, -0.25) is 4.79 Å². The van der Waals surface area contributed by atoms with E-state index in [-0.39, 0.29) is 11.6 Å². The summed E-state index contributed by atoms with van der Waals surface area (Å²) in [6.45, 7) is 3.29. The molecule has 2 unspecified atom stereocenters. The highest BCUT2D eigenvalue weighted by atomic mass is 16.1. The van der Waals surface area contributed by atoms with Gasteiger partial charge in [-0.2, -0.15) is 0 Å². The molecule has 1 fully saturated rings. The highest BCUT2D eigenvalue weighted by Crippen LogP contribution is 2.25. The third-order valence-electron chi connectivity index (χ3n) is 3.79. The maximum atomic E-state index is 12.1. The molecule has 1 heterocycles. The standard InChI is InChI=1S/C13H22N4O/c1-2-17-8-7-15-12(13(17)18)16-11-6-4-3-5-10(11)9-14/h7-8,10-11H,2-6,9,14H2,1H3,(H,15,16). The Morgan fingerprint density at radius 2 is 2.28 bits per heavy atom. The molecule has 1 aromatic rings. The van der Waals surface area contributed by atoms with Crippen LogP contribution in [0.15, 0.2) is 17.2 Å². The normalized spacial score (nSPS) is 23.9. The highest BCUT2D eigenvalue weighted by Gasteiger charge is 2.24. The zero-order chi connectivity index (χ0) is 13.0. The number of hydrogen-bond acceptors (Lipinski definition) is 4. The molecule has 0 aromatic carbocycles. The molecule has 1 aromatic heterocycles. The van der Waals surface area contributed by atoms with E-state index in [0.717, 1.165) is 12.8 Å². The molecule has 0 radical (unpaired) electrons. The second-order valence-corrected chi connectivity index (χ2v) is 4.90. The van der Waals surface area contributed by atoms with Gasteiger partial charge in [0, 0.05) is 25.0 Å². The van der Waals surface area contributed by atoms with Gasteiger partial charge in [-0.1, -0.05) is 12.8 Å². The lowest BCUT2D eigenvalue weighted by molar-refractivity contribution is 0.332. The van der Waals surface area contributed by atoms with Crippen LogP contribution in [0.25, 0.3) is 0 Å². The average Bonchev–Trinajstić information content (AvgIpc) is 2.42. The van der Waals surface area contributed by atoms with Gasteiger partial charge in [0.2, 0.25) is 0 Å². The van der Waals surface area contributed by atoms with Gasteiger partial charge < -0.3 is 15.6 Å². The lowest BCUT2D eigenvalue weighted by Gasteiger charge is -2.31. The molecule has 5 heteroatoms. The molecule has 1 aliphatic carbocycles. The van der Waals surface area contributed by atoms with Gasteiger partial charge in [0.15, 0.2) is 5.82 Å². The third kappa shape index (κ3) is 2.72. The number of nitrogens with one attached hydrogen (secondary N) is 1. The Labute approximate surface area is 107 Å². The van der Waals surface area contributed by atoms with E-state index in [1.807, 2.05) is 6.92 Å². The second-order valence-electron chi connectivity index (χ2n) is 4.90. The van der Waals surface area contributed by atoms with Crippen LogP contribution in [0.5, 0.6) is 0 Å². The minimum absolute atomic E-state index is 0.0404. The first-order chi connectivity index (χ1) is 8.76. The Hall–Kier alpha value is -1.36. The van der Waals surface area contributed by atoms with Crippen LogP contribution in [0, 0.1) is 5.92 Å². The summed E-state index contributed by atoms with van der Waals surface area (Å²) in [6.07, 6.45) is 8.04. The zero-order valence-electron chi connectivity index (χ0n) is 10.9. The molecule has 0 spiro atoms. The van der Waals surface area contributed by atoms with E-state index in [4.69, 9.17) is 5.73 Å². The first-order valence-electron chi connectivity index (χ1n) is 6.78. The SMILES string of the molecule is CCn1ccnc(NC2CCCCC2CN)c1=O. The average molecular weight is 250 g/mol.